The molecule has 0 aliphatic carbocycles. The molecule has 0 aliphatic rings. The first-order chi connectivity index (χ1) is 18.7. The van der Waals surface area contributed by atoms with E-state index in [1.807, 2.05) is 55.5 Å². The number of aromatic nitrogens is 3. The van der Waals surface area contributed by atoms with Gasteiger partial charge in [-0.2, -0.15) is 0 Å². The van der Waals surface area contributed by atoms with Crippen molar-refractivity contribution >= 4 is 34.1 Å². The van der Waals surface area contributed by atoms with E-state index in [0.29, 0.717) is 21.7 Å². The van der Waals surface area contributed by atoms with Gasteiger partial charge in [-0.3, -0.25) is 14.2 Å². The molecule has 5 aromatic rings. The number of hydrogen-bond donors (Lipinski definition) is 3. The molecule has 3 aromatic carbocycles. The van der Waals surface area contributed by atoms with Gasteiger partial charge in [-0.15, -0.1) is 0 Å². The third kappa shape index (κ3) is 5.68. The molecule has 0 aliphatic heterocycles. The Morgan fingerprint density at radius 3 is 2.49 bits per heavy atom. The Bertz CT molecular complexity index is 1720. The zero-order valence-electron chi connectivity index (χ0n) is 21.3. The maximum Gasteiger partial charge on any atom is 0.271 e. The summed E-state index contributed by atoms with van der Waals surface area (Å²) < 4.78 is 6.74. The number of rotatable bonds is 5. The molecular weight excluding hydrogens is 518 g/mol. The van der Waals surface area contributed by atoms with Gasteiger partial charge >= 0.3 is 0 Å². The Labute approximate surface area is 229 Å². The van der Waals surface area contributed by atoms with Crippen molar-refractivity contribution in [1.29, 1.82) is 0 Å². The van der Waals surface area contributed by atoms with Crippen LogP contribution >= 0.6 is 11.6 Å². The van der Waals surface area contributed by atoms with Gasteiger partial charge in [0.05, 0.1) is 29.4 Å². The summed E-state index contributed by atoms with van der Waals surface area (Å²) in [6, 6.07) is 21.9. The number of para-hydroxylation sites is 1. The summed E-state index contributed by atoms with van der Waals surface area (Å²) in [4.78, 5) is 31.9. The highest BCUT2D eigenvalue weighted by molar-refractivity contribution is 6.35. The molecule has 39 heavy (non-hydrogen) atoms. The smallest absolute Gasteiger partial charge is 0.271 e. The van der Waals surface area contributed by atoms with Gasteiger partial charge in [0.2, 0.25) is 0 Å². The lowest BCUT2D eigenvalue weighted by molar-refractivity contribution is 0.0996. The Kier molecular flexibility index (Phi) is 8.12. The average molecular weight is 544 g/mol. The van der Waals surface area contributed by atoms with Gasteiger partial charge in [-0.1, -0.05) is 48.9 Å². The Balaban J connectivity index is 0.000000181. The number of carbonyl (C=O) groups excluding carboxylic acids is 1. The molecular formula is C29H26ClN5O4. The second-order valence-electron chi connectivity index (χ2n) is 8.41. The van der Waals surface area contributed by atoms with Gasteiger partial charge in [-0.25, -0.2) is 9.97 Å². The number of nitrogens with two attached hydrogens (primary N) is 2. The number of aromatic hydroxyl groups is 1. The number of carbonyl (C=O) groups is 1. The van der Waals surface area contributed by atoms with Crippen molar-refractivity contribution in [3.8, 4) is 28.4 Å². The quantitative estimate of drug-likeness (QED) is 0.290. The van der Waals surface area contributed by atoms with Crippen molar-refractivity contribution in [3.05, 3.63) is 106 Å². The summed E-state index contributed by atoms with van der Waals surface area (Å²) in [5.74, 6) is -0.485. The molecule has 0 saturated carbocycles. The Morgan fingerprint density at radius 1 is 1.08 bits per heavy atom. The minimum absolute atomic E-state index is 0.00442. The summed E-state index contributed by atoms with van der Waals surface area (Å²) >= 11 is 6.20. The fraction of sp³-hybridized carbons (Fsp3) is 0.103. The van der Waals surface area contributed by atoms with E-state index < -0.39 is 5.91 Å². The van der Waals surface area contributed by atoms with Crippen molar-refractivity contribution in [2.75, 3.05) is 12.8 Å². The highest BCUT2D eigenvalue weighted by atomic mass is 35.5. The number of amides is 1. The third-order valence-corrected chi connectivity index (χ3v) is 6.27. The van der Waals surface area contributed by atoms with Crippen LogP contribution in [0.15, 0.2) is 83.8 Å². The number of phenolic OH excluding ortho intramolecular Hbond substituents is 1. The molecule has 5 N–H and O–H groups in total. The number of aryl methyl sites for hydroxylation is 1. The number of nitrogens with zero attached hydrogens (tertiary/aromatic N) is 3. The molecule has 5 rings (SSSR count). The van der Waals surface area contributed by atoms with E-state index in [0.717, 1.165) is 23.2 Å². The van der Waals surface area contributed by atoms with E-state index in [1.54, 1.807) is 22.8 Å². The van der Waals surface area contributed by atoms with E-state index in [4.69, 9.17) is 27.8 Å². The maximum absolute atomic E-state index is 12.8. The lowest BCUT2D eigenvalue weighted by atomic mass is 10.1. The number of primary amides is 1. The summed E-state index contributed by atoms with van der Waals surface area (Å²) in [6.07, 6.45) is 2.19. The molecule has 0 fully saturated rings. The van der Waals surface area contributed by atoms with Crippen LogP contribution in [0.3, 0.4) is 0 Å². The van der Waals surface area contributed by atoms with Gasteiger partial charge in [0.1, 0.15) is 0 Å². The predicted octanol–water partition coefficient (Wildman–Crippen LogP) is 4.75. The number of fused-ring (bicyclic) bond motifs is 1. The molecule has 0 unspecified atom stereocenters. The fourth-order valence-electron chi connectivity index (χ4n) is 4.05. The molecule has 0 bridgehead atoms. The molecule has 2 aromatic heterocycles. The maximum atomic E-state index is 12.8. The van der Waals surface area contributed by atoms with Crippen LogP contribution in [0.4, 0.5) is 5.82 Å². The van der Waals surface area contributed by atoms with Crippen molar-refractivity contribution in [2.24, 2.45) is 5.73 Å². The van der Waals surface area contributed by atoms with Crippen molar-refractivity contribution < 1.29 is 14.6 Å². The van der Waals surface area contributed by atoms with E-state index in [1.165, 1.54) is 19.4 Å². The van der Waals surface area contributed by atoms with Crippen molar-refractivity contribution in [3.63, 3.8) is 0 Å². The van der Waals surface area contributed by atoms with Crippen LogP contribution in [-0.4, -0.2) is 32.7 Å². The van der Waals surface area contributed by atoms with Crippen molar-refractivity contribution in [1.82, 2.24) is 14.5 Å². The Morgan fingerprint density at radius 2 is 1.82 bits per heavy atom. The molecule has 0 atom stereocenters. The number of hydrogen-bond acceptors (Lipinski definition) is 7. The minimum Gasteiger partial charge on any atom is -0.504 e. The standard InChI is InChI=1S/C17H14ClNO.C12H12N4O3/c1-2-13-11-12-7-6-10-15(18)16(12)17(20)19(13)14-8-4-3-5-9-14;1-19-9-4-6(2-3-8(9)17)7-5-15-11(13)10(16-7)12(14)18/h3-11H,2H2,1H3;2-5,17H,1H3,(H2,13,15)(H2,14,18). The first-order valence-electron chi connectivity index (χ1n) is 11.9. The number of halogens is 1. The number of phenols is 1. The van der Waals surface area contributed by atoms with Gasteiger partial charge in [-0.05, 0) is 54.3 Å². The summed E-state index contributed by atoms with van der Waals surface area (Å²) in [6.45, 7) is 2.05. The largest absolute Gasteiger partial charge is 0.504 e. The second kappa shape index (κ2) is 11.7. The van der Waals surface area contributed by atoms with Crippen molar-refractivity contribution in [2.45, 2.75) is 13.3 Å². The van der Waals surface area contributed by atoms with Crippen LogP contribution < -0.4 is 21.8 Å². The summed E-state index contributed by atoms with van der Waals surface area (Å²) in [5, 5.41) is 11.5. The first-order valence-corrected chi connectivity index (χ1v) is 12.3. The minimum atomic E-state index is -0.752. The van der Waals surface area contributed by atoms with E-state index >= 15 is 0 Å². The highest BCUT2D eigenvalue weighted by Crippen LogP contribution is 2.30. The van der Waals surface area contributed by atoms with Gasteiger partial charge in [0.25, 0.3) is 11.5 Å². The van der Waals surface area contributed by atoms with Crippen LogP contribution in [0.25, 0.3) is 27.7 Å². The monoisotopic (exact) mass is 543 g/mol. The molecule has 198 valence electrons. The highest BCUT2D eigenvalue weighted by Gasteiger charge is 2.13. The van der Waals surface area contributed by atoms with Crippen LogP contribution in [0.5, 0.6) is 11.5 Å². The number of ether oxygens (including phenoxy) is 1. The molecule has 2 heterocycles. The molecule has 1 amide bonds. The SMILES string of the molecule is CCc1cc2cccc(Cl)c2c(=O)n1-c1ccccc1.COc1cc(-c2cnc(N)c(C(N)=O)n2)ccc1O. The average Bonchev–Trinajstić information content (AvgIpc) is 2.94. The van der Waals surface area contributed by atoms with Crippen LogP contribution in [0.1, 0.15) is 23.1 Å². The zero-order valence-corrected chi connectivity index (χ0v) is 22.0. The number of anilines is 1. The topological polar surface area (TPSA) is 146 Å². The number of pyridine rings is 1. The van der Waals surface area contributed by atoms with Crippen LogP contribution in [0.2, 0.25) is 5.02 Å². The predicted molar refractivity (Wildman–Crippen MR) is 153 cm³/mol. The van der Waals surface area contributed by atoms with Gasteiger partial charge < -0.3 is 21.3 Å². The lowest BCUT2D eigenvalue weighted by Gasteiger charge is -2.14. The first kappa shape index (κ1) is 27.2. The van der Waals surface area contributed by atoms with Gasteiger partial charge in [0.15, 0.2) is 23.0 Å². The molecule has 10 heteroatoms. The van der Waals surface area contributed by atoms with E-state index in [9.17, 15) is 14.7 Å². The molecule has 0 saturated heterocycles. The molecule has 0 spiro atoms. The van der Waals surface area contributed by atoms with Gasteiger partial charge in [0, 0.05) is 16.9 Å². The summed E-state index contributed by atoms with van der Waals surface area (Å²) in [7, 11) is 1.43. The van der Waals surface area contributed by atoms with E-state index in [-0.39, 0.29) is 28.6 Å². The number of benzene rings is 3. The molecule has 0 radical (unpaired) electrons. The second-order valence-corrected chi connectivity index (χ2v) is 8.82. The number of methoxy groups -OCH3 is 1. The molecule has 9 nitrogen and oxygen atoms in total. The van der Waals surface area contributed by atoms with E-state index in [2.05, 4.69) is 9.97 Å². The summed E-state index contributed by atoms with van der Waals surface area (Å²) in [5.41, 5.74) is 13.4. The Hall–Kier alpha value is -4.89. The third-order valence-electron chi connectivity index (χ3n) is 5.96. The lowest BCUT2D eigenvalue weighted by Crippen LogP contribution is -2.22. The van der Waals surface area contributed by atoms with Crippen LogP contribution in [-0.2, 0) is 6.42 Å². The van der Waals surface area contributed by atoms with Crippen LogP contribution in [0, 0.1) is 0 Å². The fourth-order valence-corrected chi connectivity index (χ4v) is 4.31. The zero-order chi connectivity index (χ0) is 28.1. The number of nitrogen functional groups attached to an aromatic ring is 1. The normalized spacial score (nSPS) is 10.5.